The first-order valence-corrected chi connectivity index (χ1v) is 11.4. The molecule has 0 saturated carbocycles. The molecule has 0 spiro atoms. The van der Waals surface area contributed by atoms with Crippen molar-refractivity contribution in [3.8, 4) is 17.1 Å². The molecule has 2 aromatic carbocycles. The number of rotatable bonds is 4. The van der Waals surface area contributed by atoms with Gasteiger partial charge < -0.3 is 9.88 Å². The fourth-order valence-electron chi connectivity index (χ4n) is 4.50. The summed E-state index contributed by atoms with van der Waals surface area (Å²) in [5.74, 6) is -1.20. The lowest BCUT2D eigenvalue weighted by atomic mass is 10.1. The molecule has 1 N–H and O–H groups in total. The number of benzene rings is 2. The van der Waals surface area contributed by atoms with E-state index in [0.29, 0.717) is 22.8 Å². The van der Waals surface area contributed by atoms with Crippen LogP contribution in [0.1, 0.15) is 46.8 Å². The molecule has 0 saturated heterocycles. The Hall–Kier alpha value is -3.95. The second-order valence-corrected chi connectivity index (χ2v) is 8.60. The summed E-state index contributed by atoms with van der Waals surface area (Å²) in [6.45, 7) is 3.97. The predicted octanol–water partition coefficient (Wildman–Crippen LogP) is 5.14. The summed E-state index contributed by atoms with van der Waals surface area (Å²) in [5.41, 5.74) is 1.47. The van der Waals surface area contributed by atoms with Crippen molar-refractivity contribution in [2.75, 3.05) is 5.32 Å². The Morgan fingerprint density at radius 1 is 0.971 bits per heavy atom. The van der Waals surface area contributed by atoms with Gasteiger partial charge in [0.05, 0.1) is 22.6 Å². The minimum absolute atomic E-state index is 0.00623. The van der Waals surface area contributed by atoms with E-state index in [9.17, 15) is 18.0 Å². The van der Waals surface area contributed by atoms with Gasteiger partial charge in [0.1, 0.15) is 23.1 Å². The molecule has 2 aromatic heterocycles. The summed E-state index contributed by atoms with van der Waals surface area (Å²) in [6.07, 6.45) is 4.02. The van der Waals surface area contributed by atoms with Crippen molar-refractivity contribution in [3.63, 3.8) is 0 Å². The van der Waals surface area contributed by atoms with Gasteiger partial charge in [-0.15, -0.1) is 10.2 Å². The lowest BCUT2D eigenvalue weighted by Crippen LogP contribution is -2.15. The molecule has 1 aliphatic rings. The molecule has 0 aliphatic carbocycles. The molecule has 5 rings (SSSR count). The maximum atomic E-state index is 14.7. The largest absolute Gasteiger partial charge is 0.319 e. The van der Waals surface area contributed by atoms with Gasteiger partial charge in [-0.1, -0.05) is 6.42 Å². The molecule has 3 heterocycles. The number of hydrogen-bond donors (Lipinski definition) is 1. The number of carbonyl (C=O) groups is 1. The van der Waals surface area contributed by atoms with Crippen molar-refractivity contribution >= 4 is 11.6 Å². The average molecular weight is 480 g/mol. The highest BCUT2D eigenvalue weighted by atomic mass is 19.1. The van der Waals surface area contributed by atoms with E-state index in [1.165, 1.54) is 22.9 Å². The number of hydrogen-bond acceptors (Lipinski definition) is 4. The first kappa shape index (κ1) is 22.8. The third kappa shape index (κ3) is 4.20. The first-order chi connectivity index (χ1) is 16.8. The highest BCUT2D eigenvalue weighted by Crippen LogP contribution is 2.28. The van der Waals surface area contributed by atoms with E-state index < -0.39 is 23.4 Å². The third-order valence-corrected chi connectivity index (χ3v) is 6.24. The van der Waals surface area contributed by atoms with Crippen LogP contribution in [0.15, 0.2) is 36.4 Å². The number of aryl methyl sites for hydroxylation is 2. The Kier molecular flexibility index (Phi) is 5.88. The Labute approximate surface area is 199 Å². The van der Waals surface area contributed by atoms with Crippen molar-refractivity contribution in [3.05, 3.63) is 76.6 Å². The zero-order valence-corrected chi connectivity index (χ0v) is 19.3. The maximum Gasteiger partial charge on any atom is 0.259 e. The Morgan fingerprint density at radius 3 is 2.60 bits per heavy atom. The lowest BCUT2D eigenvalue weighted by molar-refractivity contribution is 0.102. The summed E-state index contributed by atoms with van der Waals surface area (Å²) >= 11 is 0. The summed E-state index contributed by atoms with van der Waals surface area (Å²) in [7, 11) is 0. The molecule has 0 radical (unpaired) electrons. The molecule has 0 bridgehead atoms. The van der Waals surface area contributed by atoms with E-state index >= 15 is 0 Å². The number of aromatic nitrogens is 5. The van der Waals surface area contributed by atoms with Gasteiger partial charge in [0.25, 0.3) is 5.91 Å². The van der Waals surface area contributed by atoms with E-state index in [0.717, 1.165) is 50.2 Å². The number of fused-ring (bicyclic) bond motifs is 1. The SMILES string of the molecule is Cc1nn(-c2ccc(F)cc2F)c(C)c1C(=O)Nc1cc(-c2nnc3n2CCCCC3)ccc1F. The van der Waals surface area contributed by atoms with Gasteiger partial charge >= 0.3 is 0 Å². The molecule has 0 fully saturated rings. The quantitative estimate of drug-likeness (QED) is 0.439. The van der Waals surface area contributed by atoms with Crippen LogP contribution in [0.2, 0.25) is 0 Å². The molecule has 4 aromatic rings. The van der Waals surface area contributed by atoms with Gasteiger partial charge in [-0.3, -0.25) is 4.79 Å². The average Bonchev–Trinajstić information content (AvgIpc) is 3.25. The standard InChI is InChI=1S/C25H23F3N6O/c1-14-23(15(2)34(32-14)21-10-8-17(26)13-19(21)28)25(35)29-20-12-16(7-9-18(20)27)24-31-30-22-6-4-3-5-11-33(22)24/h7-10,12-13H,3-6,11H2,1-2H3,(H,29,35). The number of anilines is 1. The van der Waals surface area contributed by atoms with Crippen molar-refractivity contribution in [1.82, 2.24) is 24.5 Å². The Morgan fingerprint density at radius 2 is 1.80 bits per heavy atom. The minimum atomic E-state index is -0.811. The van der Waals surface area contributed by atoms with Crippen molar-refractivity contribution in [1.29, 1.82) is 0 Å². The number of halogens is 3. The van der Waals surface area contributed by atoms with E-state index in [4.69, 9.17) is 0 Å². The van der Waals surface area contributed by atoms with Gasteiger partial charge in [0.2, 0.25) is 0 Å². The second-order valence-electron chi connectivity index (χ2n) is 8.60. The van der Waals surface area contributed by atoms with E-state index in [-0.39, 0.29) is 16.9 Å². The van der Waals surface area contributed by atoms with Crippen LogP contribution in [0.3, 0.4) is 0 Å². The van der Waals surface area contributed by atoms with Crippen LogP contribution in [0.5, 0.6) is 0 Å². The summed E-state index contributed by atoms with van der Waals surface area (Å²) in [6, 6.07) is 7.53. The number of carbonyl (C=O) groups excluding carboxylic acids is 1. The van der Waals surface area contributed by atoms with Crippen molar-refractivity contribution < 1.29 is 18.0 Å². The monoisotopic (exact) mass is 480 g/mol. The Bertz CT molecular complexity index is 1440. The van der Waals surface area contributed by atoms with Gasteiger partial charge in [0.15, 0.2) is 11.6 Å². The normalized spacial score (nSPS) is 13.4. The van der Waals surface area contributed by atoms with Crippen LogP contribution in [-0.4, -0.2) is 30.5 Å². The third-order valence-electron chi connectivity index (χ3n) is 6.24. The second kappa shape index (κ2) is 9.01. The highest BCUT2D eigenvalue weighted by molar-refractivity contribution is 6.06. The topological polar surface area (TPSA) is 77.6 Å². The number of amides is 1. The zero-order chi connectivity index (χ0) is 24.7. The summed E-state index contributed by atoms with van der Waals surface area (Å²) < 4.78 is 45.6. The van der Waals surface area contributed by atoms with Crippen LogP contribution >= 0.6 is 0 Å². The molecular formula is C25H23F3N6O. The van der Waals surface area contributed by atoms with E-state index in [1.807, 2.05) is 4.57 Å². The smallest absolute Gasteiger partial charge is 0.259 e. The molecular weight excluding hydrogens is 457 g/mol. The van der Waals surface area contributed by atoms with Crippen LogP contribution in [0.25, 0.3) is 17.1 Å². The molecule has 1 amide bonds. The number of nitrogens with zero attached hydrogens (tertiary/aromatic N) is 5. The van der Waals surface area contributed by atoms with Gasteiger partial charge in [0, 0.05) is 24.6 Å². The predicted molar refractivity (Wildman–Crippen MR) is 124 cm³/mol. The van der Waals surface area contributed by atoms with Crippen molar-refractivity contribution in [2.24, 2.45) is 0 Å². The molecule has 7 nitrogen and oxygen atoms in total. The van der Waals surface area contributed by atoms with Crippen LogP contribution < -0.4 is 5.32 Å². The molecule has 35 heavy (non-hydrogen) atoms. The first-order valence-electron chi connectivity index (χ1n) is 11.4. The fourth-order valence-corrected chi connectivity index (χ4v) is 4.50. The van der Waals surface area contributed by atoms with Crippen LogP contribution in [0, 0.1) is 31.3 Å². The molecule has 10 heteroatoms. The number of nitrogens with one attached hydrogen (secondary N) is 1. The molecule has 0 unspecified atom stereocenters. The fraction of sp³-hybridized carbons (Fsp3) is 0.280. The minimum Gasteiger partial charge on any atom is -0.319 e. The summed E-state index contributed by atoms with van der Waals surface area (Å²) in [4.78, 5) is 13.1. The van der Waals surface area contributed by atoms with Gasteiger partial charge in [-0.25, -0.2) is 17.9 Å². The molecule has 0 atom stereocenters. The maximum absolute atomic E-state index is 14.7. The van der Waals surface area contributed by atoms with Crippen molar-refractivity contribution in [2.45, 2.75) is 46.1 Å². The molecule has 1 aliphatic heterocycles. The molecule has 180 valence electrons. The summed E-state index contributed by atoms with van der Waals surface area (Å²) in [5, 5.41) is 15.4. The van der Waals surface area contributed by atoms with Crippen LogP contribution in [-0.2, 0) is 13.0 Å². The highest BCUT2D eigenvalue weighted by Gasteiger charge is 2.23. The lowest BCUT2D eigenvalue weighted by Gasteiger charge is -2.11. The zero-order valence-electron chi connectivity index (χ0n) is 19.3. The van der Waals surface area contributed by atoms with E-state index in [2.05, 4.69) is 20.6 Å². The van der Waals surface area contributed by atoms with E-state index in [1.54, 1.807) is 19.9 Å². The van der Waals surface area contributed by atoms with Gasteiger partial charge in [-0.05, 0) is 57.0 Å². The van der Waals surface area contributed by atoms with Gasteiger partial charge in [-0.2, -0.15) is 5.10 Å². The Balaban J connectivity index is 1.46. The van der Waals surface area contributed by atoms with Crippen LogP contribution in [0.4, 0.5) is 18.9 Å².